The minimum atomic E-state index is -0.507. The Bertz CT molecular complexity index is 654. The van der Waals surface area contributed by atoms with Crippen LogP contribution in [-0.4, -0.2) is 49.2 Å². The van der Waals surface area contributed by atoms with Crippen molar-refractivity contribution in [2.45, 2.75) is 31.8 Å². The van der Waals surface area contributed by atoms with Crippen LogP contribution in [0.5, 0.6) is 5.75 Å². The maximum absolute atomic E-state index is 13.9. The van der Waals surface area contributed by atoms with Crippen LogP contribution in [0.2, 0.25) is 0 Å². The standard InChI is InChI=1S/C19H30FN5O.C2H4/c1-14(23-25-10-7-16(8-11-25)24(2)3)12-17(6-9-21)26-19-5-4-15(22)13-18(19)20;1-2/h4-6,9,12-14,16,23H,7-8,10-11,21-22H2,1-3H3;1-2H2/b9-6-,17-12+;. The van der Waals surface area contributed by atoms with Gasteiger partial charge in [0.05, 0.1) is 0 Å². The van der Waals surface area contributed by atoms with Crippen molar-refractivity contribution in [2.24, 2.45) is 5.73 Å². The molecule has 156 valence electrons. The van der Waals surface area contributed by atoms with Gasteiger partial charge in [-0.3, -0.25) is 0 Å². The number of nitrogens with two attached hydrogens (primary N) is 2. The lowest BCUT2D eigenvalue weighted by Gasteiger charge is -2.36. The predicted molar refractivity (Wildman–Crippen MR) is 115 cm³/mol. The van der Waals surface area contributed by atoms with Gasteiger partial charge in [0.1, 0.15) is 5.76 Å². The number of rotatable bonds is 7. The molecule has 0 bridgehead atoms. The molecule has 0 saturated carbocycles. The number of ether oxygens (including phenoxy) is 1. The van der Waals surface area contributed by atoms with E-state index in [1.54, 1.807) is 12.1 Å². The molecule has 1 heterocycles. The van der Waals surface area contributed by atoms with Gasteiger partial charge in [-0.2, -0.15) is 0 Å². The predicted octanol–water partition coefficient (Wildman–Crippen LogP) is 2.86. The molecule has 7 heteroatoms. The van der Waals surface area contributed by atoms with E-state index in [9.17, 15) is 4.39 Å². The highest BCUT2D eigenvalue weighted by Crippen LogP contribution is 2.22. The van der Waals surface area contributed by atoms with Gasteiger partial charge in [0, 0.05) is 36.9 Å². The molecule has 1 unspecified atom stereocenters. The SMILES string of the molecule is C=C.CC(/C=C(\C=C/N)Oc1ccc(N)cc1F)NN1CCC(N(C)C)CC1. The highest BCUT2D eigenvalue weighted by Gasteiger charge is 2.21. The zero-order chi connectivity index (χ0) is 21.1. The van der Waals surface area contributed by atoms with Crippen LogP contribution < -0.4 is 21.6 Å². The van der Waals surface area contributed by atoms with E-state index in [0.29, 0.717) is 17.5 Å². The van der Waals surface area contributed by atoms with Crippen molar-refractivity contribution in [1.29, 1.82) is 0 Å². The second-order valence-corrected chi connectivity index (χ2v) is 6.82. The zero-order valence-corrected chi connectivity index (χ0v) is 17.2. The van der Waals surface area contributed by atoms with Crippen molar-refractivity contribution in [3.05, 3.63) is 61.3 Å². The number of nitrogen functional groups attached to an aromatic ring is 1. The molecule has 6 nitrogen and oxygen atoms in total. The van der Waals surface area contributed by atoms with Gasteiger partial charge in [-0.25, -0.2) is 14.8 Å². The van der Waals surface area contributed by atoms with Gasteiger partial charge in [0.2, 0.25) is 0 Å². The van der Waals surface area contributed by atoms with Crippen molar-refractivity contribution < 1.29 is 9.13 Å². The highest BCUT2D eigenvalue weighted by molar-refractivity contribution is 5.43. The second-order valence-electron chi connectivity index (χ2n) is 6.82. The summed E-state index contributed by atoms with van der Waals surface area (Å²) >= 11 is 0. The quantitative estimate of drug-likeness (QED) is 0.287. The first kappa shape index (κ1) is 23.7. The average Bonchev–Trinajstić information content (AvgIpc) is 2.66. The molecule has 5 N–H and O–H groups in total. The topological polar surface area (TPSA) is 79.8 Å². The third-order valence-corrected chi connectivity index (χ3v) is 4.44. The Labute approximate surface area is 168 Å². The fraction of sp³-hybridized carbons (Fsp3) is 0.429. The molecule has 1 aromatic rings. The number of benzene rings is 1. The third-order valence-electron chi connectivity index (χ3n) is 4.44. The Morgan fingerprint density at radius 3 is 2.54 bits per heavy atom. The van der Waals surface area contributed by atoms with Crippen molar-refractivity contribution in [1.82, 2.24) is 15.3 Å². The fourth-order valence-electron chi connectivity index (χ4n) is 3.03. The molecular formula is C21H34FN5O. The van der Waals surface area contributed by atoms with Crippen LogP contribution >= 0.6 is 0 Å². The molecule has 1 aliphatic rings. The minimum Gasteiger partial charge on any atom is -0.455 e. The first-order chi connectivity index (χ1) is 13.4. The molecule has 0 aromatic heterocycles. The van der Waals surface area contributed by atoms with E-state index in [1.807, 2.05) is 13.0 Å². The Kier molecular flexibility index (Phi) is 10.3. The molecule has 0 radical (unpaired) electrons. The van der Waals surface area contributed by atoms with Crippen molar-refractivity contribution >= 4 is 5.69 Å². The summed E-state index contributed by atoms with van der Waals surface area (Å²) in [5.41, 5.74) is 14.9. The average molecular weight is 392 g/mol. The zero-order valence-electron chi connectivity index (χ0n) is 17.2. The molecule has 0 aliphatic carbocycles. The largest absolute Gasteiger partial charge is 0.455 e. The molecule has 28 heavy (non-hydrogen) atoms. The van der Waals surface area contributed by atoms with Crippen LogP contribution in [0.15, 0.2) is 55.5 Å². The maximum Gasteiger partial charge on any atom is 0.167 e. The molecule has 1 atom stereocenters. The van der Waals surface area contributed by atoms with Gasteiger partial charge in [0.15, 0.2) is 11.6 Å². The number of nitrogens with one attached hydrogen (secondary N) is 1. The second kappa shape index (κ2) is 12.2. The lowest BCUT2D eigenvalue weighted by atomic mass is 10.1. The van der Waals surface area contributed by atoms with E-state index >= 15 is 0 Å². The number of nitrogens with zero attached hydrogens (tertiary/aromatic N) is 2. The Balaban J connectivity index is 0.00000190. The van der Waals surface area contributed by atoms with E-state index in [1.165, 1.54) is 18.3 Å². The van der Waals surface area contributed by atoms with Gasteiger partial charge in [-0.05, 0) is 64.3 Å². The lowest BCUT2D eigenvalue weighted by Crippen LogP contribution is -2.50. The Morgan fingerprint density at radius 2 is 2.00 bits per heavy atom. The van der Waals surface area contributed by atoms with Crippen molar-refractivity contribution in [3.63, 3.8) is 0 Å². The summed E-state index contributed by atoms with van der Waals surface area (Å²) in [4.78, 5) is 2.28. The molecule has 2 rings (SSSR count). The minimum absolute atomic E-state index is 0.00829. The van der Waals surface area contributed by atoms with Gasteiger partial charge in [-0.1, -0.05) is 0 Å². The van der Waals surface area contributed by atoms with Crippen molar-refractivity contribution in [3.8, 4) is 5.75 Å². The van der Waals surface area contributed by atoms with Crippen LogP contribution in [0.25, 0.3) is 0 Å². The number of hydrogen-bond donors (Lipinski definition) is 3. The Hall–Kier alpha value is -2.35. The highest BCUT2D eigenvalue weighted by atomic mass is 19.1. The summed E-state index contributed by atoms with van der Waals surface area (Å²) < 4.78 is 19.6. The van der Waals surface area contributed by atoms with Gasteiger partial charge in [0.25, 0.3) is 0 Å². The molecule has 1 aromatic carbocycles. The van der Waals surface area contributed by atoms with Crippen molar-refractivity contribution in [2.75, 3.05) is 32.9 Å². The number of hydrogen-bond acceptors (Lipinski definition) is 6. The van der Waals surface area contributed by atoms with Crippen LogP contribution in [0.1, 0.15) is 19.8 Å². The van der Waals surface area contributed by atoms with Gasteiger partial charge < -0.3 is 21.1 Å². The molecule has 1 saturated heterocycles. The number of allylic oxidation sites excluding steroid dienone is 1. The normalized spacial score (nSPS) is 17.4. The summed E-state index contributed by atoms with van der Waals surface area (Å²) in [5, 5.41) is 2.22. The van der Waals surface area contributed by atoms with Crippen LogP contribution in [-0.2, 0) is 0 Å². The summed E-state index contributed by atoms with van der Waals surface area (Å²) in [6.07, 6.45) is 7.10. The van der Waals surface area contributed by atoms with Crippen LogP contribution in [0.3, 0.4) is 0 Å². The fourth-order valence-corrected chi connectivity index (χ4v) is 3.03. The number of halogens is 1. The maximum atomic E-state index is 13.9. The summed E-state index contributed by atoms with van der Waals surface area (Å²) in [5.74, 6) is 0.0783. The number of hydrazine groups is 1. The number of piperidine rings is 1. The van der Waals surface area contributed by atoms with E-state index in [0.717, 1.165) is 25.9 Å². The van der Waals surface area contributed by atoms with E-state index < -0.39 is 5.82 Å². The molecule has 0 amide bonds. The summed E-state index contributed by atoms with van der Waals surface area (Å²) in [6, 6.07) is 4.97. The molecule has 1 aliphatic heterocycles. The number of anilines is 1. The van der Waals surface area contributed by atoms with E-state index in [4.69, 9.17) is 16.2 Å². The van der Waals surface area contributed by atoms with E-state index in [2.05, 4.69) is 42.6 Å². The lowest BCUT2D eigenvalue weighted by molar-refractivity contribution is 0.0947. The molecule has 1 fully saturated rings. The summed E-state index contributed by atoms with van der Waals surface area (Å²) in [7, 11) is 4.25. The molecular weight excluding hydrogens is 357 g/mol. The monoisotopic (exact) mass is 391 g/mol. The Morgan fingerprint density at radius 1 is 1.36 bits per heavy atom. The first-order valence-corrected chi connectivity index (χ1v) is 9.39. The van der Waals surface area contributed by atoms with Gasteiger partial charge in [-0.15, -0.1) is 13.2 Å². The van der Waals surface area contributed by atoms with Crippen LogP contribution in [0, 0.1) is 5.82 Å². The summed E-state index contributed by atoms with van der Waals surface area (Å²) in [6.45, 7) is 9.98. The van der Waals surface area contributed by atoms with E-state index in [-0.39, 0.29) is 11.8 Å². The smallest absolute Gasteiger partial charge is 0.167 e. The third kappa shape index (κ3) is 7.72. The first-order valence-electron chi connectivity index (χ1n) is 9.39. The van der Waals surface area contributed by atoms with Gasteiger partial charge >= 0.3 is 0 Å². The molecule has 0 spiro atoms. The van der Waals surface area contributed by atoms with Crippen LogP contribution in [0.4, 0.5) is 10.1 Å².